The predicted octanol–water partition coefficient (Wildman–Crippen LogP) is 2.32. The Morgan fingerprint density at radius 1 is 0.581 bits per heavy atom. The van der Waals surface area contributed by atoms with E-state index in [1.165, 1.54) is 25.7 Å². The maximum atomic E-state index is 11.2. The number of nitrogens with one attached hydrogen (secondary N) is 2. The SMILES string of the molecule is CNC(=O)COCCCCCOCCN1CC[C@@H](C)CC1C1C[C@@H](C)CCN1CCOCCCOCCOCC(=O)NC. The molecule has 4 atom stereocenters. The normalized spacial score (nSPS) is 23.3. The summed E-state index contributed by atoms with van der Waals surface area (Å²) in [5, 5.41) is 5.09. The van der Waals surface area contributed by atoms with Gasteiger partial charge in [-0.15, -0.1) is 0 Å². The maximum Gasteiger partial charge on any atom is 0.245 e. The smallest absolute Gasteiger partial charge is 0.245 e. The van der Waals surface area contributed by atoms with Crippen LogP contribution in [-0.2, 0) is 33.3 Å². The molecule has 0 aromatic heterocycles. The van der Waals surface area contributed by atoms with Crippen molar-refractivity contribution in [3.63, 3.8) is 0 Å². The summed E-state index contributed by atoms with van der Waals surface area (Å²) in [7, 11) is 3.22. The number of unbranched alkanes of at least 4 members (excludes halogenated alkanes) is 2. The summed E-state index contributed by atoms with van der Waals surface area (Å²) in [6.45, 7) is 14.5. The van der Waals surface area contributed by atoms with Crippen LogP contribution in [0.15, 0.2) is 0 Å². The number of likely N-dealkylation sites (tertiary alicyclic amines) is 2. The molecular formula is C32H62N4O7. The zero-order chi connectivity index (χ0) is 31.1. The van der Waals surface area contributed by atoms with Gasteiger partial charge in [-0.1, -0.05) is 13.8 Å². The van der Waals surface area contributed by atoms with Crippen LogP contribution in [0.5, 0.6) is 0 Å². The summed E-state index contributed by atoms with van der Waals surface area (Å²) in [6.07, 6.45) is 8.93. The molecule has 2 aliphatic heterocycles. The Labute approximate surface area is 261 Å². The number of piperidine rings is 2. The fourth-order valence-corrected chi connectivity index (χ4v) is 5.93. The molecule has 0 saturated carbocycles. The summed E-state index contributed by atoms with van der Waals surface area (Å²) in [5.74, 6) is 1.32. The van der Waals surface area contributed by atoms with Gasteiger partial charge in [0.25, 0.3) is 0 Å². The number of rotatable bonds is 24. The van der Waals surface area contributed by atoms with E-state index >= 15 is 0 Å². The van der Waals surface area contributed by atoms with Crippen LogP contribution < -0.4 is 10.6 Å². The third kappa shape index (κ3) is 17.1. The van der Waals surface area contributed by atoms with Gasteiger partial charge in [0.1, 0.15) is 13.2 Å². The molecule has 0 radical (unpaired) electrons. The van der Waals surface area contributed by atoms with Crippen LogP contribution in [0.2, 0.25) is 0 Å². The van der Waals surface area contributed by atoms with E-state index in [1.54, 1.807) is 14.1 Å². The van der Waals surface area contributed by atoms with Crippen molar-refractivity contribution < 1.29 is 33.3 Å². The van der Waals surface area contributed by atoms with Gasteiger partial charge in [0.05, 0.1) is 26.4 Å². The molecule has 11 heteroatoms. The highest BCUT2D eigenvalue weighted by molar-refractivity contribution is 5.77. The second kappa shape index (κ2) is 24.0. The van der Waals surface area contributed by atoms with Crippen molar-refractivity contribution in [2.75, 3.05) is 106 Å². The van der Waals surface area contributed by atoms with Crippen molar-refractivity contribution >= 4 is 11.8 Å². The Kier molecular flexibility index (Phi) is 21.1. The standard InChI is InChI=1S/C32H62N4O7/c1-27-9-11-35(13-19-39-15-6-5-7-16-42-25-31(37)33-3)29(23-27)30-24-28(2)10-12-36(30)14-20-40-17-8-18-41-21-22-43-26-32(38)34-4/h27-30H,5-26H2,1-4H3,(H,33,37)(H,34,38)/t27-,28+,29?,30?/m1/s1. The van der Waals surface area contributed by atoms with Crippen LogP contribution in [0, 0.1) is 11.8 Å². The number of hydrogen-bond donors (Lipinski definition) is 2. The first-order chi connectivity index (χ1) is 20.9. The summed E-state index contributed by atoms with van der Waals surface area (Å²) in [4.78, 5) is 27.7. The van der Waals surface area contributed by atoms with Crippen molar-refractivity contribution in [3.8, 4) is 0 Å². The van der Waals surface area contributed by atoms with Gasteiger partial charge < -0.3 is 34.3 Å². The van der Waals surface area contributed by atoms with Gasteiger partial charge in [0.15, 0.2) is 0 Å². The predicted molar refractivity (Wildman–Crippen MR) is 168 cm³/mol. The van der Waals surface area contributed by atoms with Crippen molar-refractivity contribution in [2.24, 2.45) is 11.8 Å². The zero-order valence-electron chi connectivity index (χ0n) is 27.6. The summed E-state index contributed by atoms with van der Waals surface area (Å²) in [6, 6.07) is 1.15. The van der Waals surface area contributed by atoms with Gasteiger partial charge in [0, 0.05) is 65.7 Å². The molecular weight excluding hydrogens is 552 g/mol. The number of amides is 2. The number of likely N-dealkylation sites (N-methyl/N-ethyl adjacent to an activating group) is 2. The molecule has 0 spiro atoms. The Balaban J connectivity index is 1.63. The van der Waals surface area contributed by atoms with E-state index in [4.69, 9.17) is 23.7 Å². The number of carbonyl (C=O) groups excluding carboxylic acids is 2. The minimum Gasteiger partial charge on any atom is -0.380 e. The van der Waals surface area contributed by atoms with E-state index < -0.39 is 0 Å². The lowest BCUT2D eigenvalue weighted by molar-refractivity contribution is -0.126. The molecule has 0 bridgehead atoms. The van der Waals surface area contributed by atoms with E-state index in [2.05, 4.69) is 34.3 Å². The Morgan fingerprint density at radius 2 is 1.00 bits per heavy atom. The number of ether oxygens (including phenoxy) is 5. The minimum absolute atomic E-state index is 0.0746. The third-order valence-corrected chi connectivity index (χ3v) is 8.58. The second-order valence-electron chi connectivity index (χ2n) is 12.2. The summed E-state index contributed by atoms with van der Waals surface area (Å²) >= 11 is 0. The number of carbonyl (C=O) groups is 2. The van der Waals surface area contributed by atoms with Crippen LogP contribution in [0.3, 0.4) is 0 Å². The van der Waals surface area contributed by atoms with E-state index in [0.717, 1.165) is 83.5 Å². The first kappa shape index (κ1) is 37.8. The molecule has 2 rings (SSSR count). The van der Waals surface area contributed by atoms with Crippen molar-refractivity contribution in [1.29, 1.82) is 0 Å². The molecule has 0 aliphatic carbocycles. The molecule has 11 nitrogen and oxygen atoms in total. The average molecular weight is 615 g/mol. The Hall–Kier alpha value is -1.34. The fraction of sp³-hybridized carbons (Fsp3) is 0.938. The van der Waals surface area contributed by atoms with Crippen LogP contribution in [0.1, 0.15) is 65.2 Å². The zero-order valence-corrected chi connectivity index (χ0v) is 27.6. The average Bonchev–Trinajstić information content (AvgIpc) is 3.01. The van der Waals surface area contributed by atoms with Crippen LogP contribution in [0.4, 0.5) is 0 Å². The molecule has 2 amide bonds. The van der Waals surface area contributed by atoms with E-state index in [1.807, 2.05) is 0 Å². The molecule has 2 fully saturated rings. The first-order valence-corrected chi connectivity index (χ1v) is 16.7. The van der Waals surface area contributed by atoms with Gasteiger partial charge in [-0.25, -0.2) is 0 Å². The summed E-state index contributed by atoms with van der Waals surface area (Å²) < 4.78 is 28.2. The summed E-state index contributed by atoms with van der Waals surface area (Å²) in [5.41, 5.74) is 0. The molecule has 2 saturated heterocycles. The molecule has 0 aromatic rings. The highest BCUT2D eigenvalue weighted by atomic mass is 16.5. The van der Waals surface area contributed by atoms with E-state index in [9.17, 15) is 9.59 Å². The van der Waals surface area contributed by atoms with Crippen molar-refractivity contribution in [3.05, 3.63) is 0 Å². The lowest BCUT2D eigenvalue weighted by Gasteiger charge is -2.49. The van der Waals surface area contributed by atoms with Crippen molar-refractivity contribution in [2.45, 2.75) is 77.3 Å². The molecule has 0 aromatic carbocycles. The second-order valence-corrected chi connectivity index (χ2v) is 12.2. The molecule has 43 heavy (non-hydrogen) atoms. The number of nitrogens with zero attached hydrogens (tertiary/aromatic N) is 2. The topological polar surface area (TPSA) is 111 Å². The number of hydrogen-bond acceptors (Lipinski definition) is 9. The molecule has 2 heterocycles. The van der Waals surface area contributed by atoms with Gasteiger partial charge >= 0.3 is 0 Å². The highest BCUT2D eigenvalue weighted by Gasteiger charge is 2.38. The van der Waals surface area contributed by atoms with Crippen LogP contribution in [-0.4, -0.2) is 140 Å². The third-order valence-electron chi connectivity index (χ3n) is 8.58. The monoisotopic (exact) mass is 614 g/mol. The quantitative estimate of drug-likeness (QED) is 0.158. The lowest BCUT2D eigenvalue weighted by atomic mass is 9.81. The van der Waals surface area contributed by atoms with Crippen LogP contribution >= 0.6 is 0 Å². The largest absolute Gasteiger partial charge is 0.380 e. The Morgan fingerprint density at radius 3 is 1.51 bits per heavy atom. The van der Waals surface area contributed by atoms with Gasteiger partial charge in [-0.05, 0) is 76.3 Å². The molecule has 2 N–H and O–H groups in total. The highest BCUT2D eigenvalue weighted by Crippen LogP contribution is 2.33. The first-order valence-electron chi connectivity index (χ1n) is 16.7. The Bertz CT molecular complexity index is 732. The fourth-order valence-electron chi connectivity index (χ4n) is 5.93. The van der Waals surface area contributed by atoms with Gasteiger partial charge in [-0.2, -0.15) is 0 Å². The molecule has 2 unspecified atom stereocenters. The minimum atomic E-state index is -0.125. The van der Waals surface area contributed by atoms with Crippen molar-refractivity contribution in [1.82, 2.24) is 20.4 Å². The van der Waals surface area contributed by atoms with E-state index in [-0.39, 0.29) is 25.0 Å². The van der Waals surface area contributed by atoms with Gasteiger partial charge in [0.2, 0.25) is 11.8 Å². The van der Waals surface area contributed by atoms with Crippen LogP contribution in [0.25, 0.3) is 0 Å². The maximum absolute atomic E-state index is 11.2. The molecule has 2 aliphatic rings. The van der Waals surface area contributed by atoms with E-state index in [0.29, 0.717) is 45.1 Å². The van der Waals surface area contributed by atoms with Gasteiger partial charge in [-0.3, -0.25) is 19.4 Å². The lowest BCUT2D eigenvalue weighted by Crippen LogP contribution is -2.58. The molecule has 252 valence electrons.